The summed E-state index contributed by atoms with van der Waals surface area (Å²) in [5.41, 5.74) is 2.33. The Morgan fingerprint density at radius 2 is 2.17 bits per heavy atom. The number of rotatable bonds is 4. The van der Waals surface area contributed by atoms with Crippen molar-refractivity contribution in [2.45, 2.75) is 32.9 Å². The molecule has 0 amide bonds. The van der Waals surface area contributed by atoms with Gasteiger partial charge in [0.25, 0.3) is 0 Å². The maximum Gasteiger partial charge on any atom is 0.0857 e. The molecule has 2 heterocycles. The summed E-state index contributed by atoms with van der Waals surface area (Å²) < 4.78 is 1.99. The van der Waals surface area contributed by atoms with E-state index in [0.717, 1.165) is 10.7 Å². The van der Waals surface area contributed by atoms with Crippen LogP contribution in [0.15, 0.2) is 17.6 Å². The lowest BCUT2D eigenvalue weighted by atomic mass is 10.1. The van der Waals surface area contributed by atoms with Crippen LogP contribution < -0.4 is 5.32 Å². The number of thiophene rings is 1. The lowest BCUT2D eigenvalue weighted by Gasteiger charge is -2.20. The molecule has 2 aromatic rings. The van der Waals surface area contributed by atoms with Gasteiger partial charge in [0.1, 0.15) is 0 Å². The fourth-order valence-electron chi connectivity index (χ4n) is 2.10. The summed E-state index contributed by atoms with van der Waals surface area (Å²) in [4.78, 5) is 1.29. The first-order chi connectivity index (χ1) is 8.56. The van der Waals surface area contributed by atoms with Gasteiger partial charge >= 0.3 is 0 Å². The van der Waals surface area contributed by atoms with Crippen molar-refractivity contribution in [3.05, 3.63) is 38.8 Å². The molecule has 0 bridgehead atoms. The minimum absolute atomic E-state index is 0.0994. The van der Waals surface area contributed by atoms with Gasteiger partial charge in [-0.3, -0.25) is 4.68 Å². The minimum Gasteiger partial charge on any atom is -0.307 e. The average molecular weight is 284 g/mol. The number of nitrogens with zero attached hydrogens (tertiary/aromatic N) is 2. The molecule has 0 aliphatic carbocycles. The second-order valence-electron chi connectivity index (χ2n) is 4.61. The van der Waals surface area contributed by atoms with E-state index in [2.05, 4.69) is 42.6 Å². The average Bonchev–Trinajstić information content (AvgIpc) is 2.89. The Morgan fingerprint density at radius 3 is 2.67 bits per heavy atom. The maximum absolute atomic E-state index is 6.31. The van der Waals surface area contributed by atoms with Crippen LogP contribution >= 0.6 is 22.9 Å². The van der Waals surface area contributed by atoms with E-state index >= 15 is 0 Å². The van der Waals surface area contributed by atoms with Crippen LogP contribution in [0.2, 0.25) is 5.02 Å². The zero-order valence-corrected chi connectivity index (χ0v) is 12.6. The van der Waals surface area contributed by atoms with Gasteiger partial charge in [0.15, 0.2) is 0 Å². The topological polar surface area (TPSA) is 29.9 Å². The van der Waals surface area contributed by atoms with Crippen LogP contribution in [0.1, 0.15) is 42.1 Å². The third kappa shape index (κ3) is 2.32. The van der Waals surface area contributed by atoms with Gasteiger partial charge in [-0.25, -0.2) is 0 Å². The van der Waals surface area contributed by atoms with Gasteiger partial charge in [-0.1, -0.05) is 11.6 Å². The van der Waals surface area contributed by atoms with Crippen LogP contribution in [0.25, 0.3) is 0 Å². The van der Waals surface area contributed by atoms with Crippen LogP contribution in [0.5, 0.6) is 0 Å². The number of nitrogens with one attached hydrogen (secondary N) is 1. The van der Waals surface area contributed by atoms with Crippen LogP contribution in [0, 0.1) is 6.92 Å². The second-order valence-corrected chi connectivity index (χ2v) is 5.96. The molecule has 0 saturated carbocycles. The molecule has 0 radical (unpaired) electrons. The molecule has 1 atom stereocenters. The quantitative estimate of drug-likeness (QED) is 0.925. The summed E-state index contributed by atoms with van der Waals surface area (Å²) in [5.74, 6) is 0. The third-order valence-corrected chi connectivity index (χ3v) is 4.38. The molecule has 1 unspecified atom stereocenters. The van der Waals surface area contributed by atoms with Crippen molar-refractivity contribution >= 4 is 22.9 Å². The molecular weight excluding hydrogens is 266 g/mol. The molecule has 0 aliphatic heterocycles. The van der Waals surface area contributed by atoms with E-state index in [1.807, 2.05) is 11.7 Å². The van der Waals surface area contributed by atoms with Crippen LogP contribution in [0.3, 0.4) is 0 Å². The zero-order chi connectivity index (χ0) is 13.3. The number of aryl methyl sites for hydroxylation is 1. The van der Waals surface area contributed by atoms with E-state index in [1.54, 1.807) is 17.5 Å². The lowest BCUT2D eigenvalue weighted by Crippen LogP contribution is -2.22. The summed E-state index contributed by atoms with van der Waals surface area (Å²) in [6.07, 6.45) is 1.73. The van der Waals surface area contributed by atoms with Crippen LogP contribution in [-0.4, -0.2) is 16.8 Å². The van der Waals surface area contributed by atoms with Gasteiger partial charge in [0.2, 0.25) is 0 Å². The highest BCUT2D eigenvalue weighted by molar-refractivity contribution is 7.10. The van der Waals surface area contributed by atoms with Gasteiger partial charge in [0.05, 0.1) is 23.0 Å². The van der Waals surface area contributed by atoms with Crippen molar-refractivity contribution in [1.82, 2.24) is 15.1 Å². The van der Waals surface area contributed by atoms with E-state index in [-0.39, 0.29) is 6.04 Å². The van der Waals surface area contributed by atoms with Gasteiger partial charge in [-0.15, -0.1) is 11.3 Å². The molecule has 18 heavy (non-hydrogen) atoms. The first-order valence-electron chi connectivity index (χ1n) is 6.00. The van der Waals surface area contributed by atoms with Gasteiger partial charge in [-0.05, 0) is 44.8 Å². The standard InChI is InChI=1S/C13H18ClN3S/c1-8(2)17-12(10(14)7-16-17)11(15-4)13-9(3)5-6-18-13/h5-8,11,15H,1-4H3. The number of halogens is 1. The molecule has 3 nitrogen and oxygen atoms in total. The number of hydrogen-bond donors (Lipinski definition) is 1. The summed E-state index contributed by atoms with van der Waals surface area (Å²) in [5, 5.41) is 10.6. The van der Waals surface area contributed by atoms with Gasteiger partial charge in [-0.2, -0.15) is 5.10 Å². The largest absolute Gasteiger partial charge is 0.307 e. The Labute approximate surface area is 117 Å². The minimum atomic E-state index is 0.0994. The fraction of sp³-hybridized carbons (Fsp3) is 0.462. The highest BCUT2D eigenvalue weighted by Gasteiger charge is 2.24. The monoisotopic (exact) mass is 283 g/mol. The van der Waals surface area contributed by atoms with Crippen molar-refractivity contribution in [3.63, 3.8) is 0 Å². The van der Waals surface area contributed by atoms with Crippen molar-refractivity contribution in [1.29, 1.82) is 0 Å². The van der Waals surface area contributed by atoms with E-state index < -0.39 is 0 Å². The van der Waals surface area contributed by atoms with E-state index in [4.69, 9.17) is 11.6 Å². The van der Waals surface area contributed by atoms with Crippen molar-refractivity contribution in [2.75, 3.05) is 7.05 Å². The molecule has 0 saturated heterocycles. The Bertz CT molecular complexity index is 530. The third-order valence-electron chi connectivity index (χ3n) is 3.00. The zero-order valence-electron chi connectivity index (χ0n) is 11.1. The normalized spacial score (nSPS) is 13.2. The van der Waals surface area contributed by atoms with Crippen LogP contribution in [0.4, 0.5) is 0 Å². The van der Waals surface area contributed by atoms with Crippen molar-refractivity contribution < 1.29 is 0 Å². The molecule has 98 valence electrons. The highest BCUT2D eigenvalue weighted by atomic mass is 35.5. The predicted octanol–water partition coefficient (Wildman–Crippen LogP) is 3.80. The summed E-state index contributed by atoms with van der Waals surface area (Å²) in [6.45, 7) is 6.35. The first kappa shape index (κ1) is 13.6. The summed E-state index contributed by atoms with van der Waals surface area (Å²) in [7, 11) is 1.96. The maximum atomic E-state index is 6.31. The Hall–Kier alpha value is -0.840. The SMILES string of the molecule is CNC(c1sccc1C)c1c(Cl)cnn1C(C)C. The van der Waals surface area contributed by atoms with Crippen LogP contribution in [-0.2, 0) is 0 Å². The molecule has 2 aromatic heterocycles. The molecular formula is C13H18ClN3S. The van der Waals surface area contributed by atoms with Crippen molar-refractivity contribution in [2.24, 2.45) is 0 Å². The van der Waals surface area contributed by atoms with E-state index in [1.165, 1.54) is 10.4 Å². The molecule has 0 aromatic carbocycles. The van der Waals surface area contributed by atoms with E-state index in [0.29, 0.717) is 6.04 Å². The summed E-state index contributed by atoms with van der Waals surface area (Å²) in [6, 6.07) is 2.53. The van der Waals surface area contributed by atoms with Gasteiger partial charge < -0.3 is 5.32 Å². The molecule has 5 heteroatoms. The smallest absolute Gasteiger partial charge is 0.0857 e. The van der Waals surface area contributed by atoms with E-state index in [9.17, 15) is 0 Å². The molecule has 1 N–H and O–H groups in total. The number of hydrogen-bond acceptors (Lipinski definition) is 3. The lowest BCUT2D eigenvalue weighted by molar-refractivity contribution is 0.485. The first-order valence-corrected chi connectivity index (χ1v) is 7.26. The van der Waals surface area contributed by atoms with Crippen molar-refractivity contribution in [3.8, 4) is 0 Å². The Balaban J connectivity index is 2.52. The molecule has 2 rings (SSSR count). The second kappa shape index (κ2) is 5.43. The molecule has 0 aliphatic rings. The summed E-state index contributed by atoms with van der Waals surface area (Å²) >= 11 is 8.06. The predicted molar refractivity (Wildman–Crippen MR) is 77.6 cm³/mol. The fourth-order valence-corrected chi connectivity index (χ4v) is 3.38. The number of aromatic nitrogens is 2. The Morgan fingerprint density at radius 1 is 1.44 bits per heavy atom. The molecule has 0 spiro atoms. The van der Waals surface area contributed by atoms with Gasteiger partial charge in [0, 0.05) is 10.9 Å². The molecule has 0 fully saturated rings. The Kier molecular flexibility index (Phi) is 4.10. The highest BCUT2D eigenvalue weighted by Crippen LogP contribution is 2.34.